The summed E-state index contributed by atoms with van der Waals surface area (Å²) in [6.45, 7) is 3.97. The molecule has 2 amide bonds. The van der Waals surface area contributed by atoms with Gasteiger partial charge in [-0.1, -0.05) is 0 Å². The second-order valence-corrected chi connectivity index (χ2v) is 5.47. The first-order valence-electron chi connectivity index (χ1n) is 8.02. The molecule has 2 aliphatic rings. The van der Waals surface area contributed by atoms with Gasteiger partial charge in [-0.05, 0) is 38.1 Å². The molecular formula is C16H16N4O6. The third kappa shape index (κ3) is 2.68. The molecule has 136 valence electrons. The van der Waals surface area contributed by atoms with Crippen LogP contribution in [0.25, 0.3) is 0 Å². The molecule has 0 saturated carbocycles. The Hall–Kier alpha value is -3.30. The highest BCUT2D eigenvalue weighted by Gasteiger charge is 2.59. The maximum Gasteiger partial charge on any atom is 0.355 e. The number of rotatable bonds is 6. The van der Waals surface area contributed by atoms with Crippen molar-refractivity contribution in [2.45, 2.75) is 19.9 Å². The van der Waals surface area contributed by atoms with Crippen LogP contribution in [0.3, 0.4) is 0 Å². The smallest absolute Gasteiger partial charge is 0.355 e. The summed E-state index contributed by atoms with van der Waals surface area (Å²) in [6, 6.07) is 5.03. The van der Waals surface area contributed by atoms with Gasteiger partial charge in [0, 0.05) is 0 Å². The lowest BCUT2D eigenvalue weighted by Gasteiger charge is -2.17. The Morgan fingerprint density at radius 3 is 2.42 bits per heavy atom. The van der Waals surface area contributed by atoms with Crippen molar-refractivity contribution in [2.24, 2.45) is 16.3 Å². The molecule has 0 aromatic heterocycles. The van der Waals surface area contributed by atoms with Crippen LogP contribution in [0.2, 0.25) is 0 Å². The van der Waals surface area contributed by atoms with Crippen molar-refractivity contribution in [3.8, 4) is 5.75 Å². The lowest BCUT2D eigenvalue weighted by atomic mass is 9.98. The standard InChI is InChI=1S/C16H16N4O6/c1-3-25-10-7-5-9(6-8-10)19-14(21)11-12(16(23)26-4-2)17-20(18-24)13(11)15(19)22/h5-8,11,13H,3-4H2,1-2H3. The molecule has 2 unspecified atom stereocenters. The van der Waals surface area contributed by atoms with Gasteiger partial charge in [0.1, 0.15) is 11.7 Å². The Morgan fingerprint density at radius 1 is 1.15 bits per heavy atom. The zero-order chi connectivity index (χ0) is 18.8. The van der Waals surface area contributed by atoms with Gasteiger partial charge in [0.25, 0.3) is 5.91 Å². The second kappa shape index (κ2) is 6.90. The van der Waals surface area contributed by atoms with Crippen LogP contribution < -0.4 is 9.64 Å². The highest BCUT2D eigenvalue weighted by molar-refractivity contribution is 6.46. The molecule has 0 radical (unpaired) electrons. The number of nitroso groups, excluding NO2 is 1. The summed E-state index contributed by atoms with van der Waals surface area (Å²) >= 11 is 0. The van der Waals surface area contributed by atoms with Gasteiger partial charge in [-0.25, -0.2) is 9.69 Å². The Labute approximate surface area is 148 Å². The zero-order valence-electron chi connectivity index (χ0n) is 14.1. The van der Waals surface area contributed by atoms with E-state index in [0.717, 1.165) is 4.90 Å². The summed E-state index contributed by atoms with van der Waals surface area (Å²) in [5, 5.41) is 6.88. The van der Waals surface area contributed by atoms with Crippen LogP contribution in [-0.4, -0.2) is 47.9 Å². The number of anilines is 1. The number of hydrogen-bond acceptors (Lipinski definition) is 8. The molecule has 1 fully saturated rings. The lowest BCUT2D eigenvalue weighted by molar-refractivity contribution is -0.136. The second-order valence-electron chi connectivity index (χ2n) is 5.47. The van der Waals surface area contributed by atoms with E-state index in [1.807, 2.05) is 6.92 Å². The number of fused-ring (bicyclic) bond motifs is 1. The van der Waals surface area contributed by atoms with Crippen LogP contribution in [-0.2, 0) is 19.1 Å². The first-order valence-corrected chi connectivity index (χ1v) is 8.02. The normalized spacial score (nSPS) is 21.5. The third-order valence-corrected chi connectivity index (χ3v) is 4.00. The van der Waals surface area contributed by atoms with Crippen molar-refractivity contribution in [1.82, 2.24) is 5.12 Å². The highest BCUT2D eigenvalue weighted by Crippen LogP contribution is 2.36. The molecule has 2 atom stereocenters. The molecule has 2 heterocycles. The number of hydrazone groups is 1. The number of ether oxygens (including phenoxy) is 2. The molecule has 0 spiro atoms. The SMILES string of the molecule is CCOC(=O)C1=NN(N=O)C2C(=O)N(c3ccc(OCC)cc3)C(=O)C12. The summed E-state index contributed by atoms with van der Waals surface area (Å²) in [4.78, 5) is 49.5. The average molecular weight is 360 g/mol. The van der Waals surface area contributed by atoms with Gasteiger partial charge in [-0.3, -0.25) is 9.59 Å². The van der Waals surface area contributed by atoms with Crippen LogP contribution >= 0.6 is 0 Å². The Kier molecular flexibility index (Phi) is 4.65. The number of hydrogen-bond donors (Lipinski definition) is 0. The Balaban J connectivity index is 1.93. The molecule has 1 aromatic rings. The van der Waals surface area contributed by atoms with Crippen molar-refractivity contribution >= 4 is 29.2 Å². The molecule has 0 bridgehead atoms. The third-order valence-electron chi connectivity index (χ3n) is 4.00. The van der Waals surface area contributed by atoms with Gasteiger partial charge in [-0.15, -0.1) is 15.1 Å². The van der Waals surface area contributed by atoms with E-state index in [1.165, 1.54) is 0 Å². The summed E-state index contributed by atoms with van der Waals surface area (Å²) < 4.78 is 10.2. The summed E-state index contributed by atoms with van der Waals surface area (Å²) in [5.74, 6) is -2.86. The van der Waals surface area contributed by atoms with Gasteiger partial charge >= 0.3 is 5.97 Å². The molecule has 2 aliphatic heterocycles. The molecule has 3 rings (SSSR count). The molecule has 26 heavy (non-hydrogen) atoms. The van der Waals surface area contributed by atoms with Crippen molar-refractivity contribution in [1.29, 1.82) is 0 Å². The van der Waals surface area contributed by atoms with Crippen LogP contribution in [0.4, 0.5) is 5.69 Å². The maximum absolute atomic E-state index is 12.8. The average Bonchev–Trinajstić information content (AvgIpc) is 3.14. The molecule has 10 nitrogen and oxygen atoms in total. The number of amides is 2. The molecule has 1 saturated heterocycles. The van der Waals surface area contributed by atoms with Crippen molar-refractivity contribution in [3.63, 3.8) is 0 Å². The van der Waals surface area contributed by atoms with E-state index >= 15 is 0 Å². The first-order chi connectivity index (χ1) is 12.5. The van der Waals surface area contributed by atoms with E-state index in [9.17, 15) is 19.3 Å². The number of carbonyl (C=O) groups excluding carboxylic acids is 3. The van der Waals surface area contributed by atoms with Crippen molar-refractivity contribution in [2.75, 3.05) is 18.1 Å². The van der Waals surface area contributed by atoms with Crippen LogP contribution in [0.1, 0.15) is 13.8 Å². The van der Waals surface area contributed by atoms with E-state index in [2.05, 4.69) is 10.4 Å². The minimum atomic E-state index is -1.29. The zero-order valence-corrected chi connectivity index (χ0v) is 14.1. The predicted octanol–water partition coefficient (Wildman–Crippen LogP) is 0.859. The summed E-state index contributed by atoms with van der Waals surface area (Å²) in [6.07, 6.45) is 0. The fraction of sp³-hybridized carbons (Fsp3) is 0.375. The fourth-order valence-corrected chi connectivity index (χ4v) is 2.95. The number of nitrogens with zero attached hydrogens (tertiary/aromatic N) is 4. The van der Waals surface area contributed by atoms with Gasteiger partial charge in [0.05, 0.1) is 24.2 Å². The molecule has 1 aromatic carbocycles. The quantitative estimate of drug-likeness (QED) is 0.419. The van der Waals surface area contributed by atoms with Gasteiger partial charge in [0.2, 0.25) is 5.91 Å². The molecular weight excluding hydrogens is 344 g/mol. The van der Waals surface area contributed by atoms with E-state index in [0.29, 0.717) is 23.2 Å². The van der Waals surface area contributed by atoms with E-state index in [-0.39, 0.29) is 12.3 Å². The number of benzene rings is 1. The summed E-state index contributed by atoms with van der Waals surface area (Å²) in [7, 11) is 0. The first kappa shape index (κ1) is 17.5. The van der Waals surface area contributed by atoms with Gasteiger partial charge < -0.3 is 9.47 Å². The van der Waals surface area contributed by atoms with Crippen LogP contribution in [0.5, 0.6) is 5.75 Å². The molecule has 0 aliphatic carbocycles. The minimum Gasteiger partial charge on any atom is -0.494 e. The molecule has 0 N–H and O–H groups in total. The number of esters is 1. The van der Waals surface area contributed by atoms with E-state index in [1.54, 1.807) is 31.2 Å². The number of imide groups is 1. The van der Waals surface area contributed by atoms with E-state index in [4.69, 9.17) is 9.47 Å². The van der Waals surface area contributed by atoms with Crippen LogP contribution in [0, 0.1) is 10.8 Å². The monoisotopic (exact) mass is 360 g/mol. The Bertz CT molecular complexity index is 790. The van der Waals surface area contributed by atoms with Crippen molar-refractivity contribution < 1.29 is 23.9 Å². The van der Waals surface area contributed by atoms with E-state index < -0.39 is 29.7 Å². The summed E-state index contributed by atoms with van der Waals surface area (Å²) in [5.41, 5.74) is -0.00449. The maximum atomic E-state index is 12.8. The fourth-order valence-electron chi connectivity index (χ4n) is 2.95. The van der Waals surface area contributed by atoms with Gasteiger partial charge in [-0.2, -0.15) is 0 Å². The Morgan fingerprint density at radius 2 is 1.85 bits per heavy atom. The topological polar surface area (TPSA) is 118 Å². The number of carbonyl (C=O) groups is 3. The highest BCUT2D eigenvalue weighted by atomic mass is 16.5. The minimum absolute atomic E-state index is 0.0640. The van der Waals surface area contributed by atoms with Crippen molar-refractivity contribution in [3.05, 3.63) is 29.2 Å². The largest absolute Gasteiger partial charge is 0.494 e. The lowest BCUT2D eigenvalue weighted by Crippen LogP contribution is -2.36. The molecule has 10 heteroatoms. The van der Waals surface area contributed by atoms with Gasteiger partial charge in [0.15, 0.2) is 11.8 Å². The predicted molar refractivity (Wildman–Crippen MR) is 89.1 cm³/mol. The van der Waals surface area contributed by atoms with Crippen LogP contribution in [0.15, 0.2) is 34.7 Å².